The van der Waals surface area contributed by atoms with Crippen LogP contribution >= 0.6 is 0 Å². The maximum Gasteiger partial charge on any atom is 0.00420 e. The predicted octanol–water partition coefficient (Wildman–Crippen LogP) is 1.39. The molecule has 0 amide bonds. The quantitative estimate of drug-likeness (QED) is 0.558. The van der Waals surface area contributed by atoms with Gasteiger partial charge >= 0.3 is 0 Å². The Morgan fingerprint density at radius 2 is 2.00 bits per heavy atom. The topological polar surface area (TPSA) is 12.0 Å². The van der Waals surface area contributed by atoms with Gasteiger partial charge in [-0.15, -0.1) is 0 Å². The molecule has 2 rings (SSSR count). The molecule has 1 saturated heterocycles. The largest absolute Gasteiger partial charge is 0.314 e. The van der Waals surface area contributed by atoms with E-state index < -0.39 is 0 Å². The first kappa shape index (κ1) is 5.72. The Bertz CT molecular complexity index is 107. The van der Waals surface area contributed by atoms with Crippen molar-refractivity contribution >= 4 is 0 Å². The molecular formula is C8H15N. The lowest BCUT2D eigenvalue weighted by Crippen LogP contribution is -2.16. The van der Waals surface area contributed by atoms with Gasteiger partial charge in [-0.2, -0.15) is 0 Å². The van der Waals surface area contributed by atoms with E-state index in [2.05, 4.69) is 12.2 Å². The minimum atomic E-state index is 0.801. The van der Waals surface area contributed by atoms with Gasteiger partial charge < -0.3 is 5.32 Å². The second-order valence-electron chi connectivity index (χ2n) is 3.64. The van der Waals surface area contributed by atoms with Gasteiger partial charge in [0.25, 0.3) is 0 Å². The monoisotopic (exact) mass is 125 g/mol. The van der Waals surface area contributed by atoms with Crippen molar-refractivity contribution in [3.63, 3.8) is 0 Å². The molecule has 52 valence electrons. The molecule has 1 heterocycles. The molecule has 9 heavy (non-hydrogen) atoms. The molecule has 1 aliphatic heterocycles. The van der Waals surface area contributed by atoms with Crippen LogP contribution in [-0.4, -0.2) is 12.6 Å². The Morgan fingerprint density at radius 1 is 1.22 bits per heavy atom. The molecule has 0 unspecified atom stereocenters. The highest BCUT2D eigenvalue weighted by atomic mass is 14.9. The molecule has 1 nitrogen and oxygen atoms in total. The number of nitrogens with one attached hydrogen (secondary N) is 1. The first-order valence-electron chi connectivity index (χ1n) is 4.09. The smallest absolute Gasteiger partial charge is 0.00420 e. The minimum absolute atomic E-state index is 0.801. The summed E-state index contributed by atoms with van der Waals surface area (Å²) < 4.78 is 0. The van der Waals surface area contributed by atoms with E-state index in [0.717, 1.165) is 17.9 Å². The van der Waals surface area contributed by atoms with Gasteiger partial charge in [-0.25, -0.2) is 0 Å². The second-order valence-corrected chi connectivity index (χ2v) is 3.64. The lowest BCUT2D eigenvalue weighted by atomic mass is 10.0. The molecule has 0 aromatic carbocycles. The Kier molecular flexibility index (Phi) is 1.26. The zero-order valence-electron chi connectivity index (χ0n) is 6.06. The third-order valence-electron chi connectivity index (χ3n) is 2.67. The van der Waals surface area contributed by atoms with Crippen LogP contribution in [0.25, 0.3) is 0 Å². The van der Waals surface area contributed by atoms with Crippen LogP contribution in [0.1, 0.15) is 26.2 Å². The van der Waals surface area contributed by atoms with Crippen molar-refractivity contribution in [1.82, 2.24) is 5.32 Å². The van der Waals surface area contributed by atoms with Gasteiger partial charge in [-0.05, 0) is 44.6 Å². The van der Waals surface area contributed by atoms with Crippen LogP contribution < -0.4 is 5.32 Å². The van der Waals surface area contributed by atoms with Gasteiger partial charge in [-0.3, -0.25) is 0 Å². The van der Waals surface area contributed by atoms with Crippen molar-refractivity contribution in [3.05, 3.63) is 0 Å². The number of rotatable bonds is 1. The van der Waals surface area contributed by atoms with E-state index in [-0.39, 0.29) is 0 Å². The van der Waals surface area contributed by atoms with Gasteiger partial charge in [0.1, 0.15) is 0 Å². The highest BCUT2D eigenvalue weighted by Crippen LogP contribution is 2.40. The number of hydrogen-bond donors (Lipinski definition) is 1. The van der Waals surface area contributed by atoms with Crippen LogP contribution in [0.2, 0.25) is 0 Å². The summed E-state index contributed by atoms with van der Waals surface area (Å²) in [5, 5.41) is 3.49. The summed E-state index contributed by atoms with van der Waals surface area (Å²) in [6.45, 7) is 3.59. The molecule has 0 spiro atoms. The van der Waals surface area contributed by atoms with Crippen molar-refractivity contribution in [2.75, 3.05) is 6.54 Å². The summed E-state index contributed by atoms with van der Waals surface area (Å²) in [7, 11) is 0. The van der Waals surface area contributed by atoms with Gasteiger partial charge in [0.15, 0.2) is 0 Å². The fourth-order valence-corrected chi connectivity index (χ4v) is 1.90. The molecule has 1 saturated carbocycles. The normalized spacial score (nSPS) is 43.7. The van der Waals surface area contributed by atoms with Crippen LogP contribution in [0.15, 0.2) is 0 Å². The van der Waals surface area contributed by atoms with Crippen LogP contribution in [0.4, 0.5) is 0 Å². The Labute approximate surface area is 56.8 Å². The third kappa shape index (κ3) is 1.11. The Morgan fingerprint density at radius 3 is 2.44 bits per heavy atom. The standard InChI is InChI=1S/C8H15N/c1-6-4-8(5-9-6)7-2-3-7/h6-9H,2-5H2,1H3/t6-,8+/m1/s1. The van der Waals surface area contributed by atoms with Crippen molar-refractivity contribution in [1.29, 1.82) is 0 Å². The van der Waals surface area contributed by atoms with Gasteiger partial charge in [-0.1, -0.05) is 0 Å². The number of hydrogen-bond acceptors (Lipinski definition) is 1. The van der Waals surface area contributed by atoms with E-state index in [4.69, 9.17) is 0 Å². The average Bonchev–Trinajstić information content (AvgIpc) is 2.58. The second kappa shape index (κ2) is 1.98. The molecule has 0 aromatic rings. The Hall–Kier alpha value is -0.0400. The molecular weight excluding hydrogens is 110 g/mol. The molecule has 2 aliphatic rings. The summed E-state index contributed by atoms with van der Waals surface area (Å²) in [4.78, 5) is 0. The van der Waals surface area contributed by atoms with Crippen molar-refractivity contribution in [2.45, 2.75) is 32.2 Å². The maximum absolute atomic E-state index is 3.49. The molecule has 1 N–H and O–H groups in total. The van der Waals surface area contributed by atoms with Crippen LogP contribution in [0.3, 0.4) is 0 Å². The van der Waals surface area contributed by atoms with Gasteiger partial charge in [0, 0.05) is 6.04 Å². The molecule has 0 radical (unpaired) electrons. The maximum atomic E-state index is 3.49. The summed E-state index contributed by atoms with van der Waals surface area (Å²) in [5.74, 6) is 2.16. The fourth-order valence-electron chi connectivity index (χ4n) is 1.90. The van der Waals surface area contributed by atoms with Crippen molar-refractivity contribution in [3.8, 4) is 0 Å². The molecule has 0 bridgehead atoms. The van der Waals surface area contributed by atoms with Gasteiger partial charge in [0.05, 0.1) is 0 Å². The molecule has 1 heteroatoms. The average molecular weight is 125 g/mol. The van der Waals surface area contributed by atoms with Crippen LogP contribution in [0, 0.1) is 11.8 Å². The minimum Gasteiger partial charge on any atom is -0.314 e. The van der Waals surface area contributed by atoms with E-state index in [0.29, 0.717) is 0 Å². The van der Waals surface area contributed by atoms with Crippen LogP contribution in [0.5, 0.6) is 0 Å². The molecule has 2 atom stereocenters. The highest BCUT2D eigenvalue weighted by Gasteiger charge is 2.34. The summed E-state index contributed by atoms with van der Waals surface area (Å²) >= 11 is 0. The summed E-state index contributed by atoms with van der Waals surface area (Å²) in [6, 6.07) is 0.801. The molecule has 1 aliphatic carbocycles. The molecule has 2 fully saturated rings. The lowest BCUT2D eigenvalue weighted by Gasteiger charge is -2.03. The first-order valence-corrected chi connectivity index (χ1v) is 4.09. The predicted molar refractivity (Wildman–Crippen MR) is 38.3 cm³/mol. The highest BCUT2D eigenvalue weighted by molar-refractivity contribution is 4.89. The molecule has 0 aromatic heterocycles. The van der Waals surface area contributed by atoms with E-state index >= 15 is 0 Å². The lowest BCUT2D eigenvalue weighted by molar-refractivity contribution is 0.499. The van der Waals surface area contributed by atoms with Crippen LogP contribution in [-0.2, 0) is 0 Å². The summed E-state index contributed by atoms with van der Waals surface area (Å²) in [6.07, 6.45) is 4.46. The van der Waals surface area contributed by atoms with E-state index in [1.807, 2.05) is 0 Å². The fraction of sp³-hybridized carbons (Fsp3) is 1.00. The summed E-state index contributed by atoms with van der Waals surface area (Å²) in [5.41, 5.74) is 0. The van der Waals surface area contributed by atoms with E-state index in [1.165, 1.54) is 25.8 Å². The Balaban J connectivity index is 1.86. The van der Waals surface area contributed by atoms with Crippen molar-refractivity contribution in [2.24, 2.45) is 11.8 Å². The zero-order chi connectivity index (χ0) is 6.27. The van der Waals surface area contributed by atoms with Crippen molar-refractivity contribution < 1.29 is 0 Å². The van der Waals surface area contributed by atoms with E-state index in [1.54, 1.807) is 0 Å². The zero-order valence-corrected chi connectivity index (χ0v) is 6.06. The van der Waals surface area contributed by atoms with Gasteiger partial charge in [0.2, 0.25) is 0 Å². The SMILES string of the molecule is C[C@@H]1C[C@H](C2CC2)CN1. The first-order chi connectivity index (χ1) is 4.36. The third-order valence-corrected chi connectivity index (χ3v) is 2.67. The van der Waals surface area contributed by atoms with E-state index in [9.17, 15) is 0 Å².